The Morgan fingerprint density at radius 2 is 1.75 bits per heavy atom. The summed E-state index contributed by atoms with van der Waals surface area (Å²) in [6, 6.07) is -0.337. The summed E-state index contributed by atoms with van der Waals surface area (Å²) in [5.74, 6) is 0.571. The summed E-state index contributed by atoms with van der Waals surface area (Å²) >= 11 is 0. The number of carbonyl (C=O) groups is 1. The van der Waals surface area contributed by atoms with Crippen LogP contribution in [0.15, 0.2) is 0 Å². The molecule has 0 spiro atoms. The van der Waals surface area contributed by atoms with Crippen LogP contribution in [0.2, 0.25) is 0 Å². The summed E-state index contributed by atoms with van der Waals surface area (Å²) in [7, 11) is 1.71. The average Bonchev–Trinajstić information content (AvgIpc) is 2.35. The van der Waals surface area contributed by atoms with E-state index in [1.807, 2.05) is 4.90 Å². The summed E-state index contributed by atoms with van der Waals surface area (Å²) in [6.07, 6.45) is 0.767. The lowest BCUT2D eigenvalue weighted by Crippen LogP contribution is -2.53. The van der Waals surface area contributed by atoms with Crippen molar-refractivity contribution >= 4 is 30.7 Å². The van der Waals surface area contributed by atoms with Gasteiger partial charge in [-0.05, 0) is 12.3 Å². The number of nitrogens with two attached hydrogens (primary N) is 1. The van der Waals surface area contributed by atoms with E-state index < -0.39 is 0 Å². The zero-order chi connectivity index (χ0) is 13.5. The standard InChI is InChI=1S/C13H27N3O2.2ClH/c1-11(2)10-12(14)13(17)16-6-4-15(5-7-16)8-9-18-3;;/h11-12H,4-10,14H2,1-3H3;2*1H/t12-;;/m0../s1. The van der Waals surface area contributed by atoms with Crippen LogP contribution in [0.1, 0.15) is 20.3 Å². The Hall–Kier alpha value is -0.0700. The van der Waals surface area contributed by atoms with Gasteiger partial charge in [0.25, 0.3) is 0 Å². The average molecular weight is 330 g/mol. The molecule has 1 saturated heterocycles. The van der Waals surface area contributed by atoms with E-state index in [1.165, 1.54) is 0 Å². The molecular weight excluding hydrogens is 301 g/mol. The molecule has 1 fully saturated rings. The smallest absolute Gasteiger partial charge is 0.239 e. The molecule has 0 saturated carbocycles. The Balaban J connectivity index is 0. The Bertz CT molecular complexity index is 260. The van der Waals surface area contributed by atoms with Crippen molar-refractivity contribution in [1.29, 1.82) is 0 Å². The molecule has 0 unspecified atom stereocenters. The van der Waals surface area contributed by atoms with Crippen molar-refractivity contribution in [1.82, 2.24) is 9.80 Å². The van der Waals surface area contributed by atoms with Gasteiger partial charge in [0.05, 0.1) is 12.6 Å². The highest BCUT2D eigenvalue weighted by Gasteiger charge is 2.25. The first-order chi connectivity index (χ1) is 8.54. The van der Waals surface area contributed by atoms with Crippen molar-refractivity contribution in [3.05, 3.63) is 0 Å². The molecule has 1 heterocycles. The van der Waals surface area contributed by atoms with E-state index >= 15 is 0 Å². The van der Waals surface area contributed by atoms with Gasteiger partial charge in [-0.25, -0.2) is 0 Å². The lowest BCUT2D eigenvalue weighted by molar-refractivity contribution is -0.134. The number of ether oxygens (including phenoxy) is 1. The third-order valence-corrected chi connectivity index (χ3v) is 3.34. The molecule has 0 radical (unpaired) electrons. The fourth-order valence-electron chi connectivity index (χ4n) is 2.26. The zero-order valence-electron chi connectivity index (χ0n) is 12.7. The first-order valence-corrected chi connectivity index (χ1v) is 6.80. The van der Waals surface area contributed by atoms with Crippen LogP contribution in [0, 0.1) is 5.92 Å². The molecule has 122 valence electrons. The van der Waals surface area contributed by atoms with Crippen molar-refractivity contribution in [3.8, 4) is 0 Å². The van der Waals surface area contributed by atoms with E-state index in [0.717, 1.165) is 45.8 Å². The predicted octanol–water partition coefficient (Wildman–Crippen LogP) is 0.994. The van der Waals surface area contributed by atoms with Crippen molar-refractivity contribution in [2.75, 3.05) is 46.4 Å². The molecule has 2 N–H and O–H groups in total. The van der Waals surface area contributed by atoms with Gasteiger partial charge in [-0.1, -0.05) is 13.8 Å². The molecule has 0 bridgehead atoms. The van der Waals surface area contributed by atoms with E-state index in [9.17, 15) is 4.79 Å². The first-order valence-electron chi connectivity index (χ1n) is 6.80. The summed E-state index contributed by atoms with van der Waals surface area (Å²) in [4.78, 5) is 16.3. The van der Waals surface area contributed by atoms with Gasteiger partial charge < -0.3 is 15.4 Å². The van der Waals surface area contributed by atoms with Crippen LogP contribution in [-0.4, -0.2) is 68.2 Å². The van der Waals surface area contributed by atoms with Gasteiger partial charge in [0.1, 0.15) is 0 Å². The van der Waals surface area contributed by atoms with Gasteiger partial charge in [-0.15, -0.1) is 24.8 Å². The van der Waals surface area contributed by atoms with E-state index in [2.05, 4.69) is 18.7 Å². The largest absolute Gasteiger partial charge is 0.383 e. The number of nitrogens with zero attached hydrogens (tertiary/aromatic N) is 2. The second kappa shape index (κ2) is 11.6. The Kier molecular flexibility index (Phi) is 12.9. The lowest BCUT2D eigenvalue weighted by atomic mass is 10.0. The topological polar surface area (TPSA) is 58.8 Å². The van der Waals surface area contributed by atoms with E-state index in [4.69, 9.17) is 10.5 Å². The molecule has 1 atom stereocenters. The fraction of sp³-hybridized carbons (Fsp3) is 0.923. The van der Waals surface area contributed by atoms with Crippen LogP contribution in [0.25, 0.3) is 0 Å². The van der Waals surface area contributed by atoms with Gasteiger partial charge in [-0.3, -0.25) is 9.69 Å². The molecule has 1 aliphatic rings. The number of rotatable bonds is 6. The van der Waals surface area contributed by atoms with E-state index in [0.29, 0.717) is 5.92 Å². The second-order valence-corrected chi connectivity index (χ2v) is 5.40. The molecule has 7 heteroatoms. The summed E-state index contributed by atoms with van der Waals surface area (Å²) < 4.78 is 5.06. The number of hydrogen-bond donors (Lipinski definition) is 1. The molecule has 1 amide bonds. The third-order valence-electron chi connectivity index (χ3n) is 3.34. The third kappa shape index (κ3) is 7.64. The van der Waals surface area contributed by atoms with Crippen LogP contribution >= 0.6 is 24.8 Å². The maximum atomic E-state index is 12.1. The predicted molar refractivity (Wildman–Crippen MR) is 86.8 cm³/mol. The van der Waals surface area contributed by atoms with Gasteiger partial charge in [0.15, 0.2) is 0 Å². The fourth-order valence-corrected chi connectivity index (χ4v) is 2.26. The van der Waals surface area contributed by atoms with Gasteiger partial charge in [-0.2, -0.15) is 0 Å². The van der Waals surface area contributed by atoms with Gasteiger partial charge in [0, 0.05) is 39.8 Å². The van der Waals surface area contributed by atoms with Crippen LogP contribution in [0.5, 0.6) is 0 Å². The Morgan fingerprint density at radius 1 is 1.20 bits per heavy atom. The van der Waals surface area contributed by atoms with E-state index in [1.54, 1.807) is 7.11 Å². The minimum absolute atomic E-state index is 0. The van der Waals surface area contributed by atoms with Crippen LogP contribution in [-0.2, 0) is 9.53 Å². The molecule has 0 aliphatic carbocycles. The van der Waals surface area contributed by atoms with Crippen molar-refractivity contribution in [2.45, 2.75) is 26.3 Å². The highest BCUT2D eigenvalue weighted by Crippen LogP contribution is 2.08. The van der Waals surface area contributed by atoms with Crippen molar-refractivity contribution in [2.24, 2.45) is 11.7 Å². The number of amides is 1. The molecule has 5 nitrogen and oxygen atoms in total. The number of piperazine rings is 1. The minimum Gasteiger partial charge on any atom is -0.383 e. The van der Waals surface area contributed by atoms with Crippen molar-refractivity contribution < 1.29 is 9.53 Å². The highest BCUT2D eigenvalue weighted by atomic mass is 35.5. The van der Waals surface area contributed by atoms with E-state index in [-0.39, 0.29) is 36.8 Å². The number of carbonyl (C=O) groups excluding carboxylic acids is 1. The van der Waals surface area contributed by atoms with Gasteiger partial charge >= 0.3 is 0 Å². The van der Waals surface area contributed by atoms with Gasteiger partial charge in [0.2, 0.25) is 5.91 Å². The normalized spacial score (nSPS) is 17.4. The molecule has 1 aliphatic heterocycles. The maximum absolute atomic E-state index is 12.1. The molecule has 20 heavy (non-hydrogen) atoms. The van der Waals surface area contributed by atoms with Crippen molar-refractivity contribution in [3.63, 3.8) is 0 Å². The van der Waals surface area contributed by atoms with Crippen LogP contribution < -0.4 is 5.73 Å². The zero-order valence-corrected chi connectivity index (χ0v) is 14.3. The number of halogens is 2. The summed E-state index contributed by atoms with van der Waals surface area (Å²) in [5, 5.41) is 0. The SMILES string of the molecule is COCCN1CCN(C(=O)[C@@H](N)CC(C)C)CC1.Cl.Cl. The second-order valence-electron chi connectivity index (χ2n) is 5.40. The number of hydrogen-bond acceptors (Lipinski definition) is 4. The molecule has 0 aromatic heterocycles. The highest BCUT2D eigenvalue weighted by molar-refractivity contribution is 5.85. The van der Waals surface area contributed by atoms with Crippen LogP contribution in [0.4, 0.5) is 0 Å². The Labute approximate surface area is 135 Å². The first kappa shape index (κ1) is 22.2. The molecular formula is C13H29Cl2N3O2. The molecule has 0 aromatic carbocycles. The quantitative estimate of drug-likeness (QED) is 0.789. The summed E-state index contributed by atoms with van der Waals surface area (Å²) in [6.45, 7) is 9.29. The maximum Gasteiger partial charge on any atom is 0.239 e. The minimum atomic E-state index is -0.337. The lowest BCUT2D eigenvalue weighted by Gasteiger charge is -2.35. The van der Waals surface area contributed by atoms with Crippen LogP contribution in [0.3, 0.4) is 0 Å². The molecule has 0 aromatic rings. The monoisotopic (exact) mass is 329 g/mol. The summed E-state index contributed by atoms with van der Waals surface area (Å²) in [5.41, 5.74) is 5.94. The Morgan fingerprint density at radius 3 is 2.20 bits per heavy atom. The number of methoxy groups -OCH3 is 1. The molecule has 1 rings (SSSR count).